The second kappa shape index (κ2) is 42.8. The van der Waals surface area contributed by atoms with Crippen molar-refractivity contribution >= 4 is 5.91 Å². The van der Waals surface area contributed by atoms with Crippen LogP contribution in [-0.2, 0) is 4.79 Å². The summed E-state index contributed by atoms with van der Waals surface area (Å²) in [6, 6.07) is -0.647. The maximum Gasteiger partial charge on any atom is 0.220 e. The molecular weight excluding hydrogens is 627 g/mol. The van der Waals surface area contributed by atoms with Crippen molar-refractivity contribution in [2.24, 2.45) is 0 Å². The average Bonchev–Trinajstić information content (AvgIpc) is 3.13. The number of hydrogen-bond donors (Lipinski definition) is 3. The number of rotatable bonds is 40. The van der Waals surface area contributed by atoms with Gasteiger partial charge >= 0.3 is 0 Å². The lowest BCUT2D eigenvalue weighted by atomic mass is 10.0. The fourth-order valence-corrected chi connectivity index (χ4v) is 6.56. The van der Waals surface area contributed by atoms with E-state index in [9.17, 15) is 15.0 Å². The van der Waals surface area contributed by atoms with Crippen molar-refractivity contribution in [2.75, 3.05) is 6.61 Å². The van der Waals surface area contributed by atoms with Crippen LogP contribution in [0.2, 0.25) is 0 Å². The summed E-state index contributed by atoms with van der Waals surface area (Å²) in [6.45, 7) is 4.29. The molecule has 0 spiro atoms. The van der Waals surface area contributed by atoms with Gasteiger partial charge in [-0.1, -0.05) is 197 Å². The maximum atomic E-state index is 12.4. The molecule has 1 amide bonds. The number of carbonyl (C=O) groups excluding carboxylic acids is 1. The summed E-state index contributed by atoms with van der Waals surface area (Å²) in [7, 11) is 0. The predicted octanol–water partition coefficient (Wildman–Crippen LogP) is 14.0. The van der Waals surface area contributed by atoms with Crippen LogP contribution in [0.4, 0.5) is 0 Å². The summed E-state index contributed by atoms with van der Waals surface area (Å²) in [5.74, 6) is -0.0830. The third kappa shape index (κ3) is 39.4. The highest BCUT2D eigenvalue weighted by atomic mass is 16.3. The van der Waals surface area contributed by atoms with Gasteiger partial charge in [0.15, 0.2) is 0 Å². The van der Waals surface area contributed by atoms with Crippen LogP contribution < -0.4 is 5.32 Å². The van der Waals surface area contributed by atoms with Gasteiger partial charge in [0.1, 0.15) is 0 Å². The number of unbranched alkanes of at least 4 members (excludes halogenated alkanes) is 27. The molecule has 0 heterocycles. The number of aliphatic hydroxyl groups is 2. The summed E-state index contributed by atoms with van der Waals surface area (Å²) in [5, 5.41) is 23.0. The zero-order valence-corrected chi connectivity index (χ0v) is 34.1. The number of amides is 1. The van der Waals surface area contributed by atoms with E-state index in [1.165, 1.54) is 167 Å². The Bertz CT molecular complexity index is 816. The molecule has 0 aromatic carbocycles. The lowest BCUT2D eigenvalue weighted by Crippen LogP contribution is -2.45. The molecular formula is C47H87NO3. The van der Waals surface area contributed by atoms with Gasteiger partial charge in [0.05, 0.1) is 18.8 Å². The van der Waals surface area contributed by atoms with E-state index in [4.69, 9.17) is 0 Å². The minimum atomic E-state index is -0.872. The minimum Gasteiger partial charge on any atom is -0.394 e. The van der Waals surface area contributed by atoms with Crippen LogP contribution in [0.1, 0.15) is 226 Å². The monoisotopic (exact) mass is 714 g/mol. The van der Waals surface area contributed by atoms with E-state index in [1.807, 2.05) is 6.08 Å². The van der Waals surface area contributed by atoms with Crippen molar-refractivity contribution in [3.63, 3.8) is 0 Å². The molecule has 0 fully saturated rings. The SMILES string of the molecule is CCCCCCCC/C=C\CCCCCCCCCC(=O)NC(CO)C(O)/C=C/CC/C=C/CC/C=C/CCCCCCCCCCCCCC. The molecule has 3 N–H and O–H groups in total. The summed E-state index contributed by atoms with van der Waals surface area (Å²) >= 11 is 0. The van der Waals surface area contributed by atoms with Gasteiger partial charge in [-0.3, -0.25) is 4.79 Å². The number of carbonyl (C=O) groups is 1. The van der Waals surface area contributed by atoms with Crippen molar-refractivity contribution in [3.05, 3.63) is 48.6 Å². The highest BCUT2D eigenvalue weighted by molar-refractivity contribution is 5.76. The Labute approximate surface area is 318 Å². The molecule has 4 nitrogen and oxygen atoms in total. The van der Waals surface area contributed by atoms with E-state index in [0.29, 0.717) is 6.42 Å². The number of nitrogens with one attached hydrogen (secondary N) is 1. The molecule has 0 radical (unpaired) electrons. The fraction of sp³-hybridized carbons (Fsp3) is 0.809. The zero-order valence-electron chi connectivity index (χ0n) is 34.1. The van der Waals surface area contributed by atoms with Crippen LogP contribution in [-0.4, -0.2) is 34.9 Å². The quantitative estimate of drug-likeness (QED) is 0.0437. The highest BCUT2D eigenvalue weighted by Gasteiger charge is 2.17. The topological polar surface area (TPSA) is 69.6 Å². The zero-order chi connectivity index (χ0) is 37.1. The molecule has 0 aliphatic rings. The standard InChI is InChI=1S/C47H87NO3/c1-3-5-7-9-11-13-15-17-19-21-22-23-24-25-27-28-30-32-34-36-38-40-42-46(50)45(44-49)48-47(51)43-41-39-37-35-33-31-29-26-20-18-16-14-12-10-8-6-4-2/h18,20,25,27,32,34,40,42,45-46,49-50H,3-17,19,21-24,26,28-31,33,35-39,41,43-44H2,1-2H3,(H,48,51)/b20-18-,27-25+,34-32+,42-40+. The van der Waals surface area contributed by atoms with Gasteiger partial charge in [0.25, 0.3) is 0 Å². The lowest BCUT2D eigenvalue weighted by molar-refractivity contribution is -0.123. The predicted molar refractivity (Wildman–Crippen MR) is 225 cm³/mol. The van der Waals surface area contributed by atoms with Crippen LogP contribution in [0.3, 0.4) is 0 Å². The summed E-state index contributed by atoms with van der Waals surface area (Å²) in [5.41, 5.74) is 0. The summed E-state index contributed by atoms with van der Waals surface area (Å²) < 4.78 is 0. The molecule has 0 aliphatic carbocycles. The van der Waals surface area contributed by atoms with Gasteiger partial charge in [-0.05, 0) is 70.6 Å². The first-order valence-corrected chi connectivity index (χ1v) is 22.4. The van der Waals surface area contributed by atoms with Gasteiger partial charge in [-0.2, -0.15) is 0 Å². The van der Waals surface area contributed by atoms with Gasteiger partial charge < -0.3 is 15.5 Å². The molecule has 51 heavy (non-hydrogen) atoms. The smallest absolute Gasteiger partial charge is 0.220 e. The minimum absolute atomic E-state index is 0.0830. The molecule has 2 atom stereocenters. The Morgan fingerprint density at radius 3 is 1.14 bits per heavy atom. The number of aliphatic hydroxyl groups excluding tert-OH is 2. The van der Waals surface area contributed by atoms with Crippen LogP contribution in [0.5, 0.6) is 0 Å². The highest BCUT2D eigenvalue weighted by Crippen LogP contribution is 2.14. The molecule has 0 aromatic rings. The number of hydrogen-bond acceptors (Lipinski definition) is 3. The van der Waals surface area contributed by atoms with Crippen molar-refractivity contribution in [2.45, 2.75) is 238 Å². The second-order valence-corrected chi connectivity index (χ2v) is 15.1. The molecule has 4 heteroatoms. The van der Waals surface area contributed by atoms with Gasteiger partial charge in [-0.15, -0.1) is 0 Å². The van der Waals surface area contributed by atoms with Gasteiger partial charge in [0, 0.05) is 6.42 Å². The van der Waals surface area contributed by atoms with Gasteiger partial charge in [0.2, 0.25) is 5.91 Å². The van der Waals surface area contributed by atoms with E-state index in [-0.39, 0.29) is 12.5 Å². The second-order valence-electron chi connectivity index (χ2n) is 15.1. The van der Waals surface area contributed by atoms with E-state index in [0.717, 1.165) is 38.5 Å². The molecule has 0 saturated heterocycles. The summed E-state index contributed by atoms with van der Waals surface area (Å²) in [6.07, 6.45) is 57.9. The van der Waals surface area contributed by atoms with Crippen LogP contribution >= 0.6 is 0 Å². The van der Waals surface area contributed by atoms with Crippen molar-refractivity contribution < 1.29 is 15.0 Å². The summed E-state index contributed by atoms with van der Waals surface area (Å²) in [4.78, 5) is 12.4. The first kappa shape index (κ1) is 49.4. The molecule has 2 unspecified atom stereocenters. The average molecular weight is 714 g/mol. The third-order valence-electron chi connectivity index (χ3n) is 10.0. The Morgan fingerprint density at radius 2 is 0.765 bits per heavy atom. The number of allylic oxidation sites excluding steroid dienone is 7. The Kier molecular flexibility index (Phi) is 41.4. The molecule has 0 rings (SSSR count). The van der Waals surface area contributed by atoms with Crippen molar-refractivity contribution in [1.82, 2.24) is 5.32 Å². The normalized spacial score (nSPS) is 13.4. The molecule has 298 valence electrons. The van der Waals surface area contributed by atoms with Crippen molar-refractivity contribution in [3.8, 4) is 0 Å². The lowest BCUT2D eigenvalue weighted by Gasteiger charge is -2.19. The van der Waals surface area contributed by atoms with Crippen LogP contribution in [0.15, 0.2) is 48.6 Å². The van der Waals surface area contributed by atoms with E-state index in [1.54, 1.807) is 6.08 Å². The molecule has 0 saturated carbocycles. The molecule has 0 aliphatic heterocycles. The van der Waals surface area contributed by atoms with E-state index < -0.39 is 12.1 Å². The maximum absolute atomic E-state index is 12.4. The Balaban J connectivity index is 3.65. The first-order valence-electron chi connectivity index (χ1n) is 22.4. The van der Waals surface area contributed by atoms with Crippen molar-refractivity contribution in [1.29, 1.82) is 0 Å². The van der Waals surface area contributed by atoms with E-state index in [2.05, 4.69) is 55.6 Å². The van der Waals surface area contributed by atoms with Gasteiger partial charge in [-0.25, -0.2) is 0 Å². The van der Waals surface area contributed by atoms with Crippen LogP contribution in [0.25, 0.3) is 0 Å². The molecule has 0 bridgehead atoms. The Hall–Kier alpha value is -1.65. The Morgan fingerprint density at radius 1 is 0.451 bits per heavy atom. The third-order valence-corrected chi connectivity index (χ3v) is 10.0. The molecule has 0 aromatic heterocycles. The fourth-order valence-electron chi connectivity index (χ4n) is 6.56. The first-order chi connectivity index (χ1) is 25.2. The van der Waals surface area contributed by atoms with E-state index >= 15 is 0 Å². The van der Waals surface area contributed by atoms with Crippen LogP contribution in [0, 0.1) is 0 Å². The largest absolute Gasteiger partial charge is 0.394 e.